The topological polar surface area (TPSA) is 29.1 Å². The molecule has 0 saturated carbocycles. The van der Waals surface area contributed by atoms with Crippen molar-refractivity contribution in [3.8, 4) is 11.8 Å². The number of nitrogens with one attached hydrogen (secondary N) is 1. The van der Waals surface area contributed by atoms with Gasteiger partial charge in [0.2, 0.25) is 5.91 Å². The van der Waals surface area contributed by atoms with Crippen LogP contribution in [-0.4, -0.2) is 5.91 Å². The minimum Gasteiger partial charge on any atom is -0.326 e. The van der Waals surface area contributed by atoms with Crippen molar-refractivity contribution in [3.63, 3.8) is 0 Å². The molecule has 0 fully saturated rings. The van der Waals surface area contributed by atoms with Crippen LogP contribution in [0.2, 0.25) is 0 Å². The van der Waals surface area contributed by atoms with Crippen molar-refractivity contribution < 1.29 is 4.79 Å². The van der Waals surface area contributed by atoms with Gasteiger partial charge in [0.25, 0.3) is 0 Å². The fourth-order valence-corrected chi connectivity index (χ4v) is 1.90. The van der Waals surface area contributed by atoms with Gasteiger partial charge in [-0.2, -0.15) is 0 Å². The molecule has 0 unspecified atom stereocenters. The zero-order valence-corrected chi connectivity index (χ0v) is 12.2. The highest BCUT2D eigenvalue weighted by molar-refractivity contribution is 5.90. The highest BCUT2D eigenvalue weighted by Gasteiger charge is 2.01. The Hall–Kier alpha value is -2.53. The van der Waals surface area contributed by atoms with E-state index >= 15 is 0 Å². The number of benzene rings is 2. The minimum atomic E-state index is 0.0602. The highest BCUT2D eigenvalue weighted by atomic mass is 16.1. The number of hydrogen-bond donors (Lipinski definition) is 1. The molecule has 21 heavy (non-hydrogen) atoms. The number of carbonyl (C=O) groups is 1. The van der Waals surface area contributed by atoms with E-state index in [2.05, 4.69) is 24.1 Å². The molecular weight excluding hydrogens is 258 g/mol. The normalized spacial score (nSPS) is 9.57. The van der Waals surface area contributed by atoms with Gasteiger partial charge >= 0.3 is 0 Å². The smallest absolute Gasteiger partial charge is 0.224 e. The number of hydrogen-bond acceptors (Lipinski definition) is 1. The molecule has 0 atom stereocenters. The second kappa shape index (κ2) is 7.91. The van der Waals surface area contributed by atoms with E-state index < -0.39 is 0 Å². The van der Waals surface area contributed by atoms with Crippen LogP contribution in [0.3, 0.4) is 0 Å². The van der Waals surface area contributed by atoms with E-state index in [0.717, 1.165) is 29.7 Å². The van der Waals surface area contributed by atoms with Gasteiger partial charge in [-0.15, -0.1) is 0 Å². The van der Waals surface area contributed by atoms with Crippen LogP contribution < -0.4 is 5.32 Å². The number of carbonyl (C=O) groups excluding carboxylic acids is 1. The molecule has 1 N–H and O–H groups in total. The van der Waals surface area contributed by atoms with E-state index in [1.54, 1.807) is 0 Å². The van der Waals surface area contributed by atoms with Gasteiger partial charge in [-0.3, -0.25) is 4.79 Å². The molecule has 0 bridgehead atoms. The van der Waals surface area contributed by atoms with E-state index in [4.69, 9.17) is 0 Å². The first kappa shape index (κ1) is 14.9. The van der Waals surface area contributed by atoms with E-state index in [9.17, 15) is 4.79 Å². The van der Waals surface area contributed by atoms with Gasteiger partial charge in [0.05, 0.1) is 0 Å². The number of rotatable bonds is 4. The fourth-order valence-electron chi connectivity index (χ4n) is 1.90. The molecule has 106 valence electrons. The molecule has 0 aliphatic rings. The van der Waals surface area contributed by atoms with Gasteiger partial charge < -0.3 is 5.32 Å². The molecule has 2 heteroatoms. The van der Waals surface area contributed by atoms with Crippen molar-refractivity contribution in [2.24, 2.45) is 0 Å². The first-order valence-electron chi connectivity index (χ1n) is 7.25. The average molecular weight is 277 g/mol. The Morgan fingerprint density at radius 1 is 1.00 bits per heavy atom. The van der Waals surface area contributed by atoms with Crippen molar-refractivity contribution in [1.82, 2.24) is 0 Å². The summed E-state index contributed by atoms with van der Waals surface area (Å²) in [5, 5.41) is 2.91. The van der Waals surface area contributed by atoms with Crippen molar-refractivity contribution in [2.45, 2.75) is 26.2 Å². The summed E-state index contributed by atoms with van der Waals surface area (Å²) in [6.07, 6.45) is 2.51. The fraction of sp³-hybridized carbons (Fsp3) is 0.211. The van der Waals surface area contributed by atoms with Gasteiger partial charge in [-0.25, -0.2) is 0 Å². The molecule has 0 aliphatic heterocycles. The van der Waals surface area contributed by atoms with Gasteiger partial charge in [0, 0.05) is 23.2 Å². The van der Waals surface area contributed by atoms with Crippen LogP contribution in [0.5, 0.6) is 0 Å². The molecule has 2 aromatic carbocycles. The average Bonchev–Trinajstić information content (AvgIpc) is 2.52. The lowest BCUT2D eigenvalue weighted by molar-refractivity contribution is -0.116. The molecule has 2 aromatic rings. The molecule has 2 rings (SSSR count). The summed E-state index contributed by atoms with van der Waals surface area (Å²) < 4.78 is 0. The quantitative estimate of drug-likeness (QED) is 0.833. The molecule has 0 spiro atoms. The summed E-state index contributed by atoms with van der Waals surface area (Å²) in [6, 6.07) is 17.5. The standard InChI is InChI=1S/C19H19NO/c1-2-3-12-19(21)20-18-11-7-10-17(15-18)14-13-16-8-5-4-6-9-16/h4-11,15H,2-3,12H2,1H3,(H,20,21). The third kappa shape index (κ3) is 5.16. The second-order valence-corrected chi connectivity index (χ2v) is 4.85. The molecule has 0 saturated heterocycles. The summed E-state index contributed by atoms with van der Waals surface area (Å²) in [5.74, 6) is 6.29. The minimum absolute atomic E-state index is 0.0602. The first-order valence-corrected chi connectivity index (χ1v) is 7.25. The van der Waals surface area contributed by atoms with Crippen molar-refractivity contribution in [3.05, 3.63) is 65.7 Å². The predicted molar refractivity (Wildman–Crippen MR) is 87.0 cm³/mol. The maximum absolute atomic E-state index is 11.7. The Morgan fingerprint density at radius 3 is 2.48 bits per heavy atom. The molecule has 1 amide bonds. The van der Waals surface area contributed by atoms with Crippen LogP contribution in [0.4, 0.5) is 5.69 Å². The molecule has 0 aromatic heterocycles. The maximum atomic E-state index is 11.7. The highest BCUT2D eigenvalue weighted by Crippen LogP contribution is 2.11. The Balaban J connectivity index is 2.05. The monoisotopic (exact) mass is 277 g/mol. The van der Waals surface area contributed by atoms with Crippen molar-refractivity contribution >= 4 is 11.6 Å². The molecule has 2 nitrogen and oxygen atoms in total. The summed E-state index contributed by atoms with van der Waals surface area (Å²) in [6.45, 7) is 2.08. The largest absolute Gasteiger partial charge is 0.326 e. The van der Waals surface area contributed by atoms with Crippen LogP contribution in [0.1, 0.15) is 37.3 Å². The van der Waals surface area contributed by atoms with Crippen molar-refractivity contribution in [2.75, 3.05) is 5.32 Å². The SMILES string of the molecule is CCCCC(=O)Nc1cccc(C#Cc2ccccc2)c1. The Labute approximate surface area is 126 Å². The number of amides is 1. The lowest BCUT2D eigenvalue weighted by atomic mass is 10.1. The van der Waals surface area contributed by atoms with Gasteiger partial charge in [-0.1, -0.05) is 49.5 Å². The predicted octanol–water partition coefficient (Wildman–Crippen LogP) is 4.22. The van der Waals surface area contributed by atoms with Crippen LogP contribution in [0.15, 0.2) is 54.6 Å². The zero-order chi connectivity index (χ0) is 14.9. The lowest BCUT2D eigenvalue weighted by Gasteiger charge is -2.04. The Kier molecular flexibility index (Phi) is 5.60. The third-order valence-electron chi connectivity index (χ3n) is 3.03. The molecular formula is C19H19NO. The van der Waals surface area contributed by atoms with E-state index in [1.165, 1.54) is 0 Å². The van der Waals surface area contributed by atoms with Crippen LogP contribution in [0, 0.1) is 11.8 Å². The van der Waals surface area contributed by atoms with Gasteiger partial charge in [0.15, 0.2) is 0 Å². The summed E-state index contributed by atoms with van der Waals surface area (Å²) in [5.41, 5.74) is 2.68. The van der Waals surface area contributed by atoms with E-state index in [-0.39, 0.29) is 5.91 Å². The van der Waals surface area contributed by atoms with Gasteiger partial charge in [-0.05, 0) is 36.8 Å². The van der Waals surface area contributed by atoms with Crippen LogP contribution in [0.25, 0.3) is 0 Å². The Morgan fingerprint density at radius 2 is 1.71 bits per heavy atom. The molecule has 0 heterocycles. The number of unbranched alkanes of at least 4 members (excludes halogenated alkanes) is 1. The first-order chi connectivity index (χ1) is 10.3. The third-order valence-corrected chi connectivity index (χ3v) is 3.03. The van der Waals surface area contributed by atoms with Gasteiger partial charge in [0.1, 0.15) is 0 Å². The summed E-state index contributed by atoms with van der Waals surface area (Å²) >= 11 is 0. The number of anilines is 1. The zero-order valence-electron chi connectivity index (χ0n) is 12.2. The molecule has 0 radical (unpaired) electrons. The lowest BCUT2D eigenvalue weighted by Crippen LogP contribution is -2.10. The Bertz CT molecular complexity index is 650. The van der Waals surface area contributed by atoms with Crippen molar-refractivity contribution in [1.29, 1.82) is 0 Å². The second-order valence-electron chi connectivity index (χ2n) is 4.85. The summed E-state index contributed by atoms with van der Waals surface area (Å²) in [7, 11) is 0. The van der Waals surface area contributed by atoms with E-state index in [0.29, 0.717) is 6.42 Å². The summed E-state index contributed by atoms with van der Waals surface area (Å²) in [4.78, 5) is 11.7. The van der Waals surface area contributed by atoms with E-state index in [1.807, 2.05) is 54.6 Å². The maximum Gasteiger partial charge on any atom is 0.224 e. The van der Waals surface area contributed by atoms with Crippen LogP contribution in [-0.2, 0) is 4.79 Å². The van der Waals surface area contributed by atoms with Crippen LogP contribution >= 0.6 is 0 Å². The molecule has 0 aliphatic carbocycles.